The van der Waals surface area contributed by atoms with E-state index in [-0.39, 0.29) is 6.79 Å². The van der Waals surface area contributed by atoms with Gasteiger partial charge in [-0.2, -0.15) is 0 Å². The van der Waals surface area contributed by atoms with Gasteiger partial charge in [-0.15, -0.1) is 0 Å². The SMILES string of the molecule is C=CC=N/C=C1/OCOCC1=C. The van der Waals surface area contributed by atoms with Crippen LogP contribution in [0.3, 0.4) is 0 Å². The van der Waals surface area contributed by atoms with Crippen LogP contribution in [0.4, 0.5) is 0 Å². The normalized spacial score (nSPS) is 21.3. The molecule has 1 heterocycles. The van der Waals surface area contributed by atoms with Gasteiger partial charge in [0.15, 0.2) is 6.79 Å². The van der Waals surface area contributed by atoms with Crippen molar-refractivity contribution in [2.24, 2.45) is 4.99 Å². The summed E-state index contributed by atoms with van der Waals surface area (Å²) in [4.78, 5) is 3.92. The molecule has 3 nitrogen and oxygen atoms in total. The van der Waals surface area contributed by atoms with E-state index in [2.05, 4.69) is 18.2 Å². The molecule has 64 valence electrons. The molecular formula is C9H11NO2. The van der Waals surface area contributed by atoms with Crippen molar-refractivity contribution >= 4 is 6.21 Å². The van der Waals surface area contributed by atoms with Crippen LogP contribution < -0.4 is 0 Å². The zero-order valence-electron chi connectivity index (χ0n) is 6.82. The number of allylic oxidation sites excluding steroid dienone is 1. The molecule has 0 bridgehead atoms. The second kappa shape index (κ2) is 4.51. The van der Waals surface area contributed by atoms with Crippen LogP contribution in [0.2, 0.25) is 0 Å². The second-order valence-corrected chi connectivity index (χ2v) is 2.24. The van der Waals surface area contributed by atoms with E-state index in [9.17, 15) is 0 Å². The molecule has 0 aromatic carbocycles. The molecule has 1 rings (SSSR count). The maximum Gasteiger partial charge on any atom is 0.189 e. The number of aliphatic imine (C=N–C) groups is 1. The van der Waals surface area contributed by atoms with Gasteiger partial charge in [0.25, 0.3) is 0 Å². The number of hydrogen-bond acceptors (Lipinski definition) is 3. The third-order valence-corrected chi connectivity index (χ3v) is 1.31. The van der Waals surface area contributed by atoms with Crippen LogP contribution in [0.25, 0.3) is 0 Å². The van der Waals surface area contributed by atoms with Gasteiger partial charge in [0, 0.05) is 11.8 Å². The van der Waals surface area contributed by atoms with Gasteiger partial charge in [-0.1, -0.05) is 19.2 Å². The van der Waals surface area contributed by atoms with Gasteiger partial charge < -0.3 is 9.47 Å². The lowest BCUT2D eigenvalue weighted by atomic mass is 10.3. The fourth-order valence-corrected chi connectivity index (χ4v) is 0.743. The Bertz CT molecular complexity index is 241. The fraction of sp³-hybridized carbons (Fsp3) is 0.222. The van der Waals surface area contributed by atoms with E-state index >= 15 is 0 Å². The van der Waals surface area contributed by atoms with Crippen LogP contribution in [0.1, 0.15) is 0 Å². The van der Waals surface area contributed by atoms with Crippen molar-refractivity contribution in [3.8, 4) is 0 Å². The Morgan fingerprint density at radius 3 is 3.00 bits per heavy atom. The van der Waals surface area contributed by atoms with E-state index in [1.54, 1.807) is 18.5 Å². The minimum Gasteiger partial charge on any atom is -0.466 e. The molecule has 0 radical (unpaired) electrons. The molecule has 1 saturated heterocycles. The topological polar surface area (TPSA) is 30.8 Å². The molecule has 1 fully saturated rings. The Kier molecular flexibility index (Phi) is 3.29. The molecule has 0 atom stereocenters. The van der Waals surface area contributed by atoms with Gasteiger partial charge in [-0.3, -0.25) is 4.99 Å². The number of nitrogens with zero attached hydrogens (tertiary/aromatic N) is 1. The number of rotatable bonds is 2. The summed E-state index contributed by atoms with van der Waals surface area (Å²) < 4.78 is 10.1. The van der Waals surface area contributed by atoms with Crippen molar-refractivity contribution in [1.82, 2.24) is 0 Å². The maximum atomic E-state index is 5.13. The molecule has 0 aromatic rings. The Morgan fingerprint density at radius 2 is 2.33 bits per heavy atom. The molecule has 1 aliphatic rings. The molecule has 0 unspecified atom stereocenters. The molecule has 0 saturated carbocycles. The fourth-order valence-electron chi connectivity index (χ4n) is 0.743. The second-order valence-electron chi connectivity index (χ2n) is 2.24. The van der Waals surface area contributed by atoms with Gasteiger partial charge in [0.05, 0.1) is 12.8 Å². The summed E-state index contributed by atoms with van der Waals surface area (Å²) in [6, 6.07) is 0. The van der Waals surface area contributed by atoms with E-state index in [4.69, 9.17) is 9.47 Å². The summed E-state index contributed by atoms with van der Waals surface area (Å²) in [6.07, 6.45) is 4.78. The molecule has 0 aromatic heterocycles. The monoisotopic (exact) mass is 165 g/mol. The summed E-state index contributed by atoms with van der Waals surface area (Å²) in [5, 5.41) is 0. The zero-order chi connectivity index (χ0) is 8.81. The maximum absolute atomic E-state index is 5.13. The highest BCUT2D eigenvalue weighted by Crippen LogP contribution is 2.14. The lowest BCUT2D eigenvalue weighted by molar-refractivity contribution is -0.0368. The first-order valence-corrected chi connectivity index (χ1v) is 3.57. The summed E-state index contributed by atoms with van der Waals surface area (Å²) in [5.74, 6) is 0.680. The van der Waals surface area contributed by atoms with Gasteiger partial charge >= 0.3 is 0 Å². The Hall–Kier alpha value is -1.35. The Balaban J connectivity index is 2.58. The third kappa shape index (κ3) is 2.36. The van der Waals surface area contributed by atoms with Crippen LogP contribution >= 0.6 is 0 Å². The molecule has 3 heteroatoms. The Morgan fingerprint density at radius 1 is 1.50 bits per heavy atom. The highest BCUT2D eigenvalue weighted by Gasteiger charge is 2.09. The van der Waals surface area contributed by atoms with Crippen molar-refractivity contribution in [1.29, 1.82) is 0 Å². The quantitative estimate of drug-likeness (QED) is 0.582. The molecule has 0 N–H and O–H groups in total. The number of hydrogen-bond donors (Lipinski definition) is 0. The van der Waals surface area contributed by atoms with Crippen LogP contribution in [0, 0.1) is 0 Å². The van der Waals surface area contributed by atoms with E-state index in [0.717, 1.165) is 5.57 Å². The summed E-state index contributed by atoms with van der Waals surface area (Å²) in [7, 11) is 0. The summed E-state index contributed by atoms with van der Waals surface area (Å²) in [6.45, 7) is 8.03. The Labute approximate surface area is 71.7 Å². The van der Waals surface area contributed by atoms with E-state index < -0.39 is 0 Å². The lowest BCUT2D eigenvalue weighted by Gasteiger charge is -2.17. The summed E-state index contributed by atoms with van der Waals surface area (Å²) >= 11 is 0. The molecular weight excluding hydrogens is 154 g/mol. The average Bonchev–Trinajstić information content (AvgIpc) is 2.09. The average molecular weight is 165 g/mol. The van der Waals surface area contributed by atoms with Gasteiger partial charge in [0.1, 0.15) is 5.76 Å². The van der Waals surface area contributed by atoms with Crippen molar-refractivity contribution in [2.75, 3.05) is 13.4 Å². The first-order valence-electron chi connectivity index (χ1n) is 3.57. The standard InChI is InChI=1S/C9H11NO2/c1-3-4-10-5-9-8(2)6-11-7-12-9/h3-5H,1-2,6-7H2/b9-5+,10-4?. The first kappa shape index (κ1) is 8.74. The van der Waals surface area contributed by atoms with Crippen molar-refractivity contribution in [3.05, 3.63) is 36.8 Å². The largest absolute Gasteiger partial charge is 0.466 e. The molecule has 0 aliphatic carbocycles. The smallest absolute Gasteiger partial charge is 0.189 e. The van der Waals surface area contributed by atoms with E-state index in [0.29, 0.717) is 12.4 Å². The zero-order valence-corrected chi connectivity index (χ0v) is 6.82. The minimum atomic E-state index is 0.272. The lowest BCUT2D eigenvalue weighted by Crippen LogP contribution is -2.12. The van der Waals surface area contributed by atoms with E-state index in [1.807, 2.05) is 0 Å². The predicted octanol–water partition coefficient (Wildman–Crippen LogP) is 1.65. The molecule has 0 spiro atoms. The molecule has 0 amide bonds. The van der Waals surface area contributed by atoms with Gasteiger partial charge in [0.2, 0.25) is 0 Å². The number of ether oxygens (including phenoxy) is 2. The third-order valence-electron chi connectivity index (χ3n) is 1.31. The van der Waals surface area contributed by atoms with Crippen LogP contribution in [0.15, 0.2) is 41.8 Å². The first-order chi connectivity index (χ1) is 5.84. The van der Waals surface area contributed by atoms with E-state index in [1.165, 1.54) is 0 Å². The van der Waals surface area contributed by atoms with Gasteiger partial charge in [-0.25, -0.2) is 0 Å². The predicted molar refractivity (Wildman–Crippen MR) is 47.8 cm³/mol. The van der Waals surface area contributed by atoms with Crippen LogP contribution in [-0.4, -0.2) is 19.6 Å². The van der Waals surface area contributed by atoms with Crippen molar-refractivity contribution in [3.63, 3.8) is 0 Å². The van der Waals surface area contributed by atoms with Crippen molar-refractivity contribution < 1.29 is 9.47 Å². The minimum absolute atomic E-state index is 0.272. The van der Waals surface area contributed by atoms with Gasteiger partial charge in [-0.05, 0) is 0 Å². The van der Waals surface area contributed by atoms with Crippen LogP contribution in [0.5, 0.6) is 0 Å². The molecule has 12 heavy (non-hydrogen) atoms. The molecule has 1 aliphatic heterocycles. The van der Waals surface area contributed by atoms with Crippen LogP contribution in [-0.2, 0) is 9.47 Å². The highest BCUT2D eigenvalue weighted by molar-refractivity contribution is 5.70. The van der Waals surface area contributed by atoms with Crippen molar-refractivity contribution in [2.45, 2.75) is 0 Å². The summed E-state index contributed by atoms with van der Waals surface area (Å²) in [5.41, 5.74) is 0.808. The highest BCUT2D eigenvalue weighted by atomic mass is 16.7.